The average molecular weight is 345 g/mol. The largest absolute Gasteiger partial charge is 0.394 e. The summed E-state index contributed by atoms with van der Waals surface area (Å²) in [5.41, 5.74) is -0.638. The number of aliphatic hydroxyl groups excluding tert-OH is 1. The zero-order valence-corrected chi connectivity index (χ0v) is 13.7. The summed E-state index contributed by atoms with van der Waals surface area (Å²) in [6.45, 7) is 0.272. The molecule has 0 radical (unpaired) electrons. The van der Waals surface area contributed by atoms with Crippen LogP contribution in [-0.4, -0.2) is 51.3 Å². The zero-order valence-electron chi connectivity index (χ0n) is 13.7. The molecule has 2 N–H and O–H groups in total. The van der Waals surface area contributed by atoms with Crippen molar-refractivity contribution in [2.45, 2.75) is 12.1 Å². The van der Waals surface area contributed by atoms with E-state index in [2.05, 4.69) is 4.98 Å². The molecule has 2 atom stereocenters. The quantitative estimate of drug-likeness (QED) is 0.791. The van der Waals surface area contributed by atoms with Crippen molar-refractivity contribution in [3.05, 3.63) is 68.5 Å². The van der Waals surface area contributed by atoms with E-state index in [1.165, 1.54) is 18.1 Å². The van der Waals surface area contributed by atoms with Crippen molar-refractivity contribution in [2.24, 2.45) is 7.05 Å². The monoisotopic (exact) mass is 345 g/mol. The Morgan fingerprint density at radius 3 is 2.72 bits per heavy atom. The maximum Gasteiger partial charge on any atom is 0.328 e. The lowest BCUT2D eigenvalue weighted by Gasteiger charge is -2.40. The molecular formula is C17H19N3O5. The number of benzene rings is 1. The summed E-state index contributed by atoms with van der Waals surface area (Å²) in [5.74, 6) is -0.507. The van der Waals surface area contributed by atoms with E-state index < -0.39 is 29.3 Å². The highest BCUT2D eigenvalue weighted by Gasteiger charge is 2.37. The van der Waals surface area contributed by atoms with Crippen LogP contribution in [0.25, 0.3) is 0 Å². The number of nitrogens with zero attached hydrogens (tertiary/aromatic N) is 2. The Morgan fingerprint density at radius 2 is 2.04 bits per heavy atom. The van der Waals surface area contributed by atoms with Crippen LogP contribution in [0, 0.1) is 0 Å². The van der Waals surface area contributed by atoms with Gasteiger partial charge in [0.1, 0.15) is 11.7 Å². The molecule has 0 bridgehead atoms. The van der Waals surface area contributed by atoms with Gasteiger partial charge in [0.05, 0.1) is 19.3 Å². The smallest absolute Gasteiger partial charge is 0.328 e. The van der Waals surface area contributed by atoms with Crippen LogP contribution >= 0.6 is 0 Å². The van der Waals surface area contributed by atoms with Gasteiger partial charge < -0.3 is 19.3 Å². The maximum absolute atomic E-state index is 13.0. The Bertz CT molecular complexity index is 874. The number of nitrogens with one attached hydrogen (secondary N) is 1. The summed E-state index contributed by atoms with van der Waals surface area (Å²) in [7, 11) is 1.46. The van der Waals surface area contributed by atoms with E-state index in [0.717, 1.165) is 10.1 Å². The Morgan fingerprint density at radius 1 is 1.32 bits per heavy atom. The Balaban J connectivity index is 2.04. The van der Waals surface area contributed by atoms with Crippen LogP contribution in [0.3, 0.4) is 0 Å². The number of morpholine rings is 1. The second-order valence-electron chi connectivity index (χ2n) is 5.86. The molecule has 1 aromatic heterocycles. The summed E-state index contributed by atoms with van der Waals surface area (Å²) >= 11 is 0. The van der Waals surface area contributed by atoms with Crippen molar-refractivity contribution >= 4 is 5.91 Å². The van der Waals surface area contributed by atoms with Crippen molar-refractivity contribution in [2.75, 3.05) is 19.8 Å². The van der Waals surface area contributed by atoms with Crippen LogP contribution in [0.5, 0.6) is 0 Å². The Kier molecular flexibility index (Phi) is 4.82. The van der Waals surface area contributed by atoms with Crippen molar-refractivity contribution in [1.82, 2.24) is 14.5 Å². The van der Waals surface area contributed by atoms with Crippen molar-refractivity contribution in [1.29, 1.82) is 0 Å². The van der Waals surface area contributed by atoms with E-state index in [0.29, 0.717) is 0 Å². The van der Waals surface area contributed by atoms with Crippen LogP contribution in [0.1, 0.15) is 22.0 Å². The number of aryl methyl sites for hydroxylation is 1. The fourth-order valence-electron chi connectivity index (χ4n) is 3.03. The van der Waals surface area contributed by atoms with Gasteiger partial charge in [0.25, 0.3) is 11.5 Å². The number of H-pyrrole nitrogens is 1. The van der Waals surface area contributed by atoms with Crippen LogP contribution in [0.15, 0.2) is 46.1 Å². The first-order valence-electron chi connectivity index (χ1n) is 7.91. The molecule has 2 heterocycles. The number of rotatable bonds is 3. The summed E-state index contributed by atoms with van der Waals surface area (Å²) in [6, 6.07) is 8.68. The molecular weight excluding hydrogens is 326 g/mol. The van der Waals surface area contributed by atoms with Crippen molar-refractivity contribution in [3.63, 3.8) is 0 Å². The molecule has 1 saturated heterocycles. The molecule has 132 valence electrons. The molecule has 0 spiro atoms. The third-order valence-electron chi connectivity index (χ3n) is 4.27. The topological polar surface area (TPSA) is 105 Å². The first-order chi connectivity index (χ1) is 12.0. The molecule has 1 aliphatic heterocycles. The van der Waals surface area contributed by atoms with Gasteiger partial charge in [-0.3, -0.25) is 14.6 Å². The number of hydrogen-bond donors (Lipinski definition) is 2. The van der Waals surface area contributed by atoms with Gasteiger partial charge in [-0.2, -0.15) is 0 Å². The van der Waals surface area contributed by atoms with E-state index in [4.69, 9.17) is 4.74 Å². The molecule has 8 nitrogen and oxygen atoms in total. The van der Waals surface area contributed by atoms with Gasteiger partial charge in [-0.1, -0.05) is 30.3 Å². The van der Waals surface area contributed by atoms with Crippen molar-refractivity contribution in [3.8, 4) is 0 Å². The molecule has 0 aliphatic carbocycles. The lowest BCUT2D eigenvalue weighted by molar-refractivity contribution is -0.0812. The highest BCUT2D eigenvalue weighted by atomic mass is 16.5. The highest BCUT2D eigenvalue weighted by Crippen LogP contribution is 2.30. The maximum atomic E-state index is 13.0. The molecule has 1 amide bonds. The predicted molar refractivity (Wildman–Crippen MR) is 89.3 cm³/mol. The summed E-state index contributed by atoms with van der Waals surface area (Å²) < 4.78 is 6.75. The zero-order chi connectivity index (χ0) is 18.0. The first-order valence-corrected chi connectivity index (χ1v) is 7.91. The molecule has 1 aromatic carbocycles. The SMILES string of the molecule is Cn1cc(C(=O)N2CCO[C@@H](CO)[C@@H]2c2ccccc2)c(=O)[nH]c1=O. The van der Waals surface area contributed by atoms with Crippen molar-refractivity contribution < 1.29 is 14.6 Å². The molecule has 8 heteroatoms. The Hall–Kier alpha value is -2.71. The number of carbonyl (C=O) groups is 1. The van der Waals surface area contributed by atoms with E-state index in [-0.39, 0.29) is 25.3 Å². The lowest BCUT2D eigenvalue weighted by atomic mass is 9.97. The van der Waals surface area contributed by atoms with E-state index >= 15 is 0 Å². The molecule has 3 rings (SSSR count). The van der Waals surface area contributed by atoms with Crippen LogP contribution in [0.4, 0.5) is 0 Å². The van der Waals surface area contributed by atoms with E-state index in [9.17, 15) is 19.5 Å². The second kappa shape index (κ2) is 7.04. The number of ether oxygens (including phenoxy) is 1. The molecule has 0 saturated carbocycles. The van der Waals surface area contributed by atoms with E-state index in [1.54, 1.807) is 0 Å². The van der Waals surface area contributed by atoms with Gasteiger partial charge in [-0.25, -0.2) is 4.79 Å². The fourth-order valence-corrected chi connectivity index (χ4v) is 3.03. The van der Waals surface area contributed by atoms with Gasteiger partial charge in [-0.15, -0.1) is 0 Å². The number of aromatic amines is 1. The predicted octanol–water partition coefficient (Wildman–Crippen LogP) is -0.352. The van der Waals surface area contributed by atoms with Crippen LogP contribution in [0.2, 0.25) is 0 Å². The molecule has 2 aromatic rings. The van der Waals surface area contributed by atoms with Gasteiger partial charge >= 0.3 is 5.69 Å². The number of hydrogen-bond acceptors (Lipinski definition) is 5. The van der Waals surface area contributed by atoms with Crippen LogP contribution in [-0.2, 0) is 11.8 Å². The van der Waals surface area contributed by atoms with E-state index in [1.807, 2.05) is 30.3 Å². The van der Waals surface area contributed by atoms with Crippen LogP contribution < -0.4 is 11.2 Å². The van der Waals surface area contributed by atoms with Gasteiger partial charge in [0, 0.05) is 19.8 Å². The number of aliphatic hydroxyl groups is 1. The lowest BCUT2D eigenvalue weighted by Crippen LogP contribution is -2.50. The third-order valence-corrected chi connectivity index (χ3v) is 4.27. The first kappa shape index (κ1) is 17.1. The minimum absolute atomic E-state index is 0.123. The minimum atomic E-state index is -0.730. The normalized spacial score (nSPS) is 20.5. The number of aromatic nitrogens is 2. The summed E-state index contributed by atoms with van der Waals surface area (Å²) in [4.78, 5) is 40.2. The minimum Gasteiger partial charge on any atom is -0.394 e. The number of carbonyl (C=O) groups excluding carboxylic acids is 1. The number of amides is 1. The second-order valence-corrected chi connectivity index (χ2v) is 5.86. The fraction of sp³-hybridized carbons (Fsp3) is 0.353. The third kappa shape index (κ3) is 3.26. The highest BCUT2D eigenvalue weighted by molar-refractivity contribution is 5.94. The molecule has 1 aliphatic rings. The molecule has 25 heavy (non-hydrogen) atoms. The average Bonchev–Trinajstić information content (AvgIpc) is 2.64. The van der Waals surface area contributed by atoms with Gasteiger partial charge in [0.2, 0.25) is 0 Å². The molecule has 0 unspecified atom stereocenters. The Labute approximate surface area is 143 Å². The summed E-state index contributed by atoms with van der Waals surface area (Å²) in [5, 5.41) is 9.65. The summed E-state index contributed by atoms with van der Waals surface area (Å²) in [6.07, 6.45) is 0.640. The van der Waals surface area contributed by atoms with Gasteiger partial charge in [0.15, 0.2) is 0 Å². The van der Waals surface area contributed by atoms with Gasteiger partial charge in [-0.05, 0) is 5.56 Å². The standard InChI is InChI=1S/C17H19N3O5/c1-19-9-12(15(22)18-17(19)24)16(23)20-7-8-25-13(10-21)14(20)11-5-3-2-4-6-11/h2-6,9,13-14,21H,7-8,10H2,1H3,(H,18,22,24)/t13-,14-/m0/s1. The molecule has 1 fully saturated rings.